The number of rotatable bonds is 7. The number of anilines is 2. The summed E-state index contributed by atoms with van der Waals surface area (Å²) in [7, 11) is 3.94. The highest BCUT2D eigenvalue weighted by Gasteiger charge is 2.28. The van der Waals surface area contributed by atoms with Crippen molar-refractivity contribution in [1.29, 1.82) is 0 Å². The molecule has 2 N–H and O–H groups in total. The largest absolute Gasteiger partial charge is 0.386 e. The molecule has 1 aromatic heterocycles. The molecule has 0 bridgehead atoms. The molecule has 0 spiro atoms. The number of hydrogen-bond acceptors (Lipinski definition) is 4. The highest BCUT2D eigenvalue weighted by atomic mass is 16.1. The molecule has 0 amide bonds. The Morgan fingerprint density at radius 1 is 1.24 bits per heavy atom. The lowest BCUT2D eigenvalue weighted by molar-refractivity contribution is -0.107. The molecule has 1 heterocycles. The van der Waals surface area contributed by atoms with Crippen molar-refractivity contribution in [3.63, 3.8) is 0 Å². The van der Waals surface area contributed by atoms with Gasteiger partial charge in [0, 0.05) is 43.4 Å². The molecule has 1 saturated carbocycles. The van der Waals surface area contributed by atoms with Crippen molar-refractivity contribution < 1.29 is 4.79 Å². The summed E-state index contributed by atoms with van der Waals surface area (Å²) in [6.45, 7) is 6.03. The Morgan fingerprint density at radius 3 is 2.66 bits per heavy atom. The van der Waals surface area contributed by atoms with Crippen LogP contribution in [-0.4, -0.2) is 29.2 Å². The van der Waals surface area contributed by atoms with Crippen molar-refractivity contribution in [1.82, 2.24) is 9.78 Å². The number of aryl methyl sites for hydroxylation is 1. The Balaban J connectivity index is 0.00000117. The zero-order valence-corrected chi connectivity index (χ0v) is 18.1. The van der Waals surface area contributed by atoms with Gasteiger partial charge < -0.3 is 15.4 Å². The Labute approximate surface area is 173 Å². The lowest BCUT2D eigenvalue weighted by Crippen LogP contribution is -2.17. The SMILES string of the molecule is CC.CNc1cccc(-c2ccc3c(c2)c(C2CC2)nn3C)c1NC(C)CC=O. The molecule has 1 fully saturated rings. The molecule has 5 nitrogen and oxygen atoms in total. The minimum absolute atomic E-state index is 0.0694. The number of carbonyl (C=O) groups is 1. The lowest BCUT2D eigenvalue weighted by atomic mass is 9.99. The Kier molecular flexibility index (Phi) is 6.57. The number of aldehydes is 1. The van der Waals surface area contributed by atoms with Gasteiger partial charge in [-0.25, -0.2) is 0 Å². The average molecular weight is 393 g/mol. The number of fused-ring (bicyclic) bond motifs is 1. The van der Waals surface area contributed by atoms with Gasteiger partial charge in [-0.1, -0.05) is 32.0 Å². The van der Waals surface area contributed by atoms with Crippen molar-refractivity contribution in [2.45, 2.75) is 52.0 Å². The first-order valence-electron chi connectivity index (χ1n) is 10.6. The van der Waals surface area contributed by atoms with Crippen LogP contribution in [0.2, 0.25) is 0 Å². The molecule has 1 aliphatic carbocycles. The van der Waals surface area contributed by atoms with E-state index in [2.05, 4.69) is 47.0 Å². The van der Waals surface area contributed by atoms with E-state index in [4.69, 9.17) is 5.10 Å². The second-order valence-electron chi connectivity index (χ2n) is 7.44. The number of carbonyl (C=O) groups excluding carboxylic acids is 1. The van der Waals surface area contributed by atoms with Crippen molar-refractivity contribution in [3.05, 3.63) is 42.1 Å². The molecule has 0 saturated heterocycles. The summed E-state index contributed by atoms with van der Waals surface area (Å²) >= 11 is 0. The molecule has 29 heavy (non-hydrogen) atoms. The van der Waals surface area contributed by atoms with Crippen molar-refractivity contribution in [2.24, 2.45) is 7.05 Å². The first-order chi connectivity index (χ1) is 14.1. The standard InChI is InChI=1S/C22H26N4O.C2H6/c1-14(11-12-27)24-22-17(5-4-6-19(22)23-2)16-9-10-20-18(13-16)21(15-7-8-15)25-26(20)3;1-2/h4-6,9-10,12-15,23-24H,7-8,11H2,1-3H3;1-2H3. The normalized spacial score (nSPS) is 14.1. The van der Waals surface area contributed by atoms with E-state index in [0.29, 0.717) is 12.3 Å². The van der Waals surface area contributed by atoms with Crippen molar-refractivity contribution >= 4 is 28.6 Å². The van der Waals surface area contributed by atoms with E-state index in [0.717, 1.165) is 28.8 Å². The Bertz CT molecular complexity index is 988. The van der Waals surface area contributed by atoms with Crippen LogP contribution in [0.3, 0.4) is 0 Å². The maximum absolute atomic E-state index is 10.9. The molecule has 1 aliphatic rings. The summed E-state index contributed by atoms with van der Waals surface area (Å²) in [5.41, 5.74) is 6.75. The molecular formula is C24H32N4O. The molecule has 0 radical (unpaired) electrons. The quantitative estimate of drug-likeness (QED) is 0.516. The first-order valence-corrected chi connectivity index (χ1v) is 10.6. The molecule has 2 aromatic carbocycles. The van der Waals surface area contributed by atoms with E-state index in [9.17, 15) is 4.79 Å². The van der Waals surface area contributed by atoms with Crippen molar-refractivity contribution in [3.8, 4) is 11.1 Å². The molecule has 5 heteroatoms. The van der Waals surface area contributed by atoms with E-state index >= 15 is 0 Å². The second kappa shape index (κ2) is 9.12. The van der Waals surface area contributed by atoms with Crippen LogP contribution in [-0.2, 0) is 11.8 Å². The number of hydrogen-bond donors (Lipinski definition) is 2. The Morgan fingerprint density at radius 2 is 2.00 bits per heavy atom. The topological polar surface area (TPSA) is 59.0 Å². The summed E-state index contributed by atoms with van der Waals surface area (Å²) in [5, 5.41) is 12.8. The molecular weight excluding hydrogens is 360 g/mol. The van der Waals surface area contributed by atoms with Gasteiger partial charge in [-0.05, 0) is 43.5 Å². The predicted octanol–water partition coefficient (Wildman–Crippen LogP) is 5.58. The van der Waals surface area contributed by atoms with Gasteiger partial charge in [-0.2, -0.15) is 5.10 Å². The van der Waals surface area contributed by atoms with Gasteiger partial charge in [0.05, 0.1) is 22.6 Å². The third-order valence-corrected chi connectivity index (χ3v) is 5.33. The van der Waals surface area contributed by atoms with E-state index in [1.165, 1.54) is 29.4 Å². The van der Waals surface area contributed by atoms with Crippen LogP contribution in [0.15, 0.2) is 36.4 Å². The van der Waals surface area contributed by atoms with Crippen LogP contribution in [0.25, 0.3) is 22.0 Å². The molecule has 1 atom stereocenters. The third kappa shape index (κ3) is 4.29. The fourth-order valence-electron chi connectivity index (χ4n) is 3.72. The van der Waals surface area contributed by atoms with Gasteiger partial charge in [-0.15, -0.1) is 0 Å². The highest BCUT2D eigenvalue weighted by Crippen LogP contribution is 2.44. The van der Waals surface area contributed by atoms with Gasteiger partial charge in [0.25, 0.3) is 0 Å². The predicted molar refractivity (Wildman–Crippen MR) is 123 cm³/mol. The lowest BCUT2D eigenvalue weighted by Gasteiger charge is -2.20. The van der Waals surface area contributed by atoms with Gasteiger partial charge in [-0.3, -0.25) is 4.68 Å². The third-order valence-electron chi connectivity index (χ3n) is 5.33. The minimum atomic E-state index is 0.0694. The number of nitrogens with zero attached hydrogens (tertiary/aromatic N) is 2. The number of nitrogens with one attached hydrogen (secondary N) is 2. The van der Waals surface area contributed by atoms with Gasteiger partial charge >= 0.3 is 0 Å². The van der Waals surface area contributed by atoms with E-state index < -0.39 is 0 Å². The fourth-order valence-corrected chi connectivity index (χ4v) is 3.72. The van der Waals surface area contributed by atoms with Crippen molar-refractivity contribution in [2.75, 3.05) is 17.7 Å². The molecule has 0 aliphatic heterocycles. The smallest absolute Gasteiger partial charge is 0.122 e. The van der Waals surface area contributed by atoms with Gasteiger partial charge in [0.15, 0.2) is 0 Å². The Hall–Kier alpha value is -2.82. The first kappa shape index (κ1) is 20.9. The minimum Gasteiger partial charge on any atom is -0.386 e. The molecule has 4 rings (SSSR count). The van der Waals surface area contributed by atoms with Crippen LogP contribution in [0, 0.1) is 0 Å². The van der Waals surface area contributed by atoms with Crippen LogP contribution in [0.5, 0.6) is 0 Å². The number of aromatic nitrogens is 2. The number of para-hydroxylation sites is 1. The molecule has 154 valence electrons. The van der Waals surface area contributed by atoms with Crippen LogP contribution < -0.4 is 10.6 Å². The van der Waals surface area contributed by atoms with Crippen LogP contribution >= 0.6 is 0 Å². The number of benzene rings is 2. The van der Waals surface area contributed by atoms with E-state index in [-0.39, 0.29) is 6.04 Å². The maximum Gasteiger partial charge on any atom is 0.122 e. The van der Waals surface area contributed by atoms with E-state index in [1.54, 1.807) is 0 Å². The summed E-state index contributed by atoms with van der Waals surface area (Å²) in [6, 6.07) is 12.9. The second-order valence-corrected chi connectivity index (χ2v) is 7.44. The fraction of sp³-hybridized carbons (Fsp3) is 0.417. The average Bonchev–Trinajstić information content (AvgIpc) is 3.53. The zero-order chi connectivity index (χ0) is 21.0. The van der Waals surface area contributed by atoms with Crippen LogP contribution in [0.1, 0.15) is 51.6 Å². The monoisotopic (exact) mass is 392 g/mol. The van der Waals surface area contributed by atoms with Crippen LogP contribution in [0.4, 0.5) is 11.4 Å². The summed E-state index contributed by atoms with van der Waals surface area (Å²) < 4.78 is 1.99. The molecule has 1 unspecified atom stereocenters. The molecule has 3 aromatic rings. The summed E-state index contributed by atoms with van der Waals surface area (Å²) in [5.74, 6) is 0.609. The maximum atomic E-state index is 10.9. The summed E-state index contributed by atoms with van der Waals surface area (Å²) in [4.78, 5) is 10.9. The van der Waals surface area contributed by atoms with Gasteiger partial charge in [0.1, 0.15) is 6.29 Å². The van der Waals surface area contributed by atoms with Gasteiger partial charge in [0.2, 0.25) is 0 Å². The summed E-state index contributed by atoms with van der Waals surface area (Å²) in [6.07, 6.45) is 3.91. The zero-order valence-electron chi connectivity index (χ0n) is 18.1. The highest BCUT2D eigenvalue weighted by molar-refractivity contribution is 5.93. The van der Waals surface area contributed by atoms with E-state index in [1.807, 2.05) is 39.5 Å².